The molecule has 0 fully saturated rings. The molecule has 0 bridgehead atoms. The summed E-state index contributed by atoms with van der Waals surface area (Å²) in [5, 5.41) is 9.79. The molecule has 64 valence electrons. The van der Waals surface area contributed by atoms with Crippen LogP contribution in [0.25, 0.3) is 0 Å². The lowest BCUT2D eigenvalue weighted by atomic mass is 10.6. The predicted molar refractivity (Wildman–Crippen MR) is 50.0 cm³/mol. The van der Waals surface area contributed by atoms with E-state index in [2.05, 4.69) is 21.2 Å². The van der Waals surface area contributed by atoms with Crippen LogP contribution >= 0.6 is 15.9 Å². The first-order valence-electron chi connectivity index (χ1n) is 3.44. The molecule has 0 radical (unpaired) electrons. The van der Waals surface area contributed by atoms with E-state index in [1.807, 2.05) is 13.8 Å². The van der Waals surface area contributed by atoms with E-state index in [9.17, 15) is 0 Å². The van der Waals surface area contributed by atoms with Crippen LogP contribution in [0.5, 0.6) is 0 Å². The number of rotatable bonds is 5. The van der Waals surface area contributed by atoms with Gasteiger partial charge in [0, 0.05) is 19.0 Å². The topological polar surface area (TPSA) is 45.1 Å². The number of nitrogens with one attached hydrogen (secondary N) is 2. The first-order chi connectivity index (χ1) is 5.20. The van der Waals surface area contributed by atoms with Crippen LogP contribution in [-0.4, -0.2) is 19.0 Å². The minimum absolute atomic E-state index is 0.00694. The molecule has 4 heteroatoms. The Kier molecular flexibility index (Phi) is 6.16. The van der Waals surface area contributed by atoms with Crippen LogP contribution in [0, 0.1) is 5.41 Å². The first kappa shape index (κ1) is 10.7. The van der Waals surface area contributed by atoms with Crippen molar-refractivity contribution in [1.29, 1.82) is 5.41 Å². The van der Waals surface area contributed by atoms with Gasteiger partial charge in [-0.15, -0.1) is 0 Å². The molecule has 11 heavy (non-hydrogen) atoms. The third-order valence-electron chi connectivity index (χ3n) is 1.01. The third-order valence-corrected chi connectivity index (χ3v) is 1.47. The molecule has 0 saturated heterocycles. The maximum absolute atomic E-state index is 6.83. The van der Waals surface area contributed by atoms with Crippen molar-refractivity contribution < 1.29 is 4.74 Å². The second-order valence-electron chi connectivity index (χ2n) is 1.94. The third kappa shape index (κ3) is 6.06. The minimum Gasteiger partial charge on any atom is -0.365 e. The molecule has 0 aromatic heterocycles. The Hall–Kier alpha value is -0.350. The van der Waals surface area contributed by atoms with E-state index in [0.717, 1.165) is 0 Å². The maximum Gasteiger partial charge on any atom is 0.124 e. The molecular weight excluding hydrogens is 208 g/mol. The van der Waals surface area contributed by atoms with Crippen LogP contribution in [0.15, 0.2) is 10.7 Å². The normalized spacial score (nSPS) is 14.3. The smallest absolute Gasteiger partial charge is 0.124 e. The molecule has 1 unspecified atom stereocenters. The fourth-order valence-corrected chi connectivity index (χ4v) is 0.669. The molecule has 0 aliphatic carbocycles. The highest BCUT2D eigenvalue weighted by Gasteiger charge is 1.94. The van der Waals surface area contributed by atoms with Gasteiger partial charge in [-0.2, -0.15) is 0 Å². The van der Waals surface area contributed by atoms with Crippen LogP contribution in [0.3, 0.4) is 0 Å². The van der Waals surface area contributed by atoms with Gasteiger partial charge in [0.2, 0.25) is 0 Å². The van der Waals surface area contributed by atoms with Gasteiger partial charge >= 0.3 is 0 Å². The summed E-state index contributed by atoms with van der Waals surface area (Å²) in [5.74, 6) is 0. The molecule has 0 aromatic rings. The Balaban J connectivity index is 3.59. The Bertz CT molecular complexity index is 147. The average molecular weight is 221 g/mol. The molecule has 1 atom stereocenters. The number of halogens is 1. The Morgan fingerprint density at radius 1 is 1.82 bits per heavy atom. The van der Waals surface area contributed by atoms with Gasteiger partial charge < -0.3 is 15.5 Å². The van der Waals surface area contributed by atoms with Crippen molar-refractivity contribution in [2.45, 2.75) is 20.1 Å². The van der Waals surface area contributed by atoms with E-state index in [1.165, 1.54) is 6.21 Å². The summed E-state index contributed by atoms with van der Waals surface area (Å²) in [6, 6.07) is 0. The molecule has 0 amide bonds. The largest absolute Gasteiger partial charge is 0.365 e. The number of hydrogen-bond donors (Lipinski definition) is 2. The fraction of sp³-hybridized carbons (Fsp3) is 0.571. The molecule has 0 spiro atoms. The van der Waals surface area contributed by atoms with Crippen molar-refractivity contribution in [3.63, 3.8) is 0 Å². The van der Waals surface area contributed by atoms with E-state index < -0.39 is 0 Å². The summed E-state index contributed by atoms with van der Waals surface area (Å²) in [7, 11) is 0. The fourth-order valence-electron chi connectivity index (χ4n) is 0.537. The number of allylic oxidation sites excluding steroid dienone is 1. The lowest BCUT2D eigenvalue weighted by Gasteiger charge is -2.10. The molecule has 0 heterocycles. The van der Waals surface area contributed by atoms with Gasteiger partial charge in [-0.05, 0) is 29.8 Å². The molecule has 0 aliphatic rings. The lowest BCUT2D eigenvalue weighted by Crippen LogP contribution is -2.23. The van der Waals surface area contributed by atoms with E-state index in [-0.39, 0.29) is 6.23 Å². The van der Waals surface area contributed by atoms with Crippen LogP contribution in [0.1, 0.15) is 13.8 Å². The van der Waals surface area contributed by atoms with Crippen LogP contribution in [-0.2, 0) is 4.74 Å². The highest BCUT2D eigenvalue weighted by Crippen LogP contribution is 1.97. The number of hydrogen-bond acceptors (Lipinski definition) is 3. The van der Waals surface area contributed by atoms with Crippen molar-refractivity contribution in [3.05, 3.63) is 10.7 Å². The van der Waals surface area contributed by atoms with Crippen molar-refractivity contribution >= 4 is 22.1 Å². The van der Waals surface area contributed by atoms with E-state index in [1.54, 1.807) is 6.20 Å². The summed E-state index contributed by atoms with van der Waals surface area (Å²) in [5.41, 5.74) is 0. The Morgan fingerprint density at radius 3 is 2.91 bits per heavy atom. The Labute approximate surface area is 75.5 Å². The summed E-state index contributed by atoms with van der Waals surface area (Å²) in [6.07, 6.45) is 2.89. The van der Waals surface area contributed by atoms with Gasteiger partial charge in [-0.25, -0.2) is 0 Å². The highest BCUT2D eigenvalue weighted by molar-refractivity contribution is 9.12. The minimum atomic E-state index is -0.00694. The molecule has 0 saturated carbocycles. The second kappa shape index (κ2) is 6.37. The summed E-state index contributed by atoms with van der Waals surface area (Å²) < 4.78 is 5.88. The van der Waals surface area contributed by atoms with E-state index in [0.29, 0.717) is 11.1 Å². The van der Waals surface area contributed by atoms with Crippen LogP contribution in [0.2, 0.25) is 0 Å². The van der Waals surface area contributed by atoms with Crippen molar-refractivity contribution in [2.24, 2.45) is 0 Å². The SMILES string of the molecule is CCOC(C)N/C=C(/Br)C=N. The first-order valence-corrected chi connectivity index (χ1v) is 4.23. The monoisotopic (exact) mass is 220 g/mol. The van der Waals surface area contributed by atoms with Gasteiger partial charge in [-0.1, -0.05) is 0 Å². The summed E-state index contributed by atoms with van der Waals surface area (Å²) in [4.78, 5) is 0. The zero-order valence-corrected chi connectivity index (χ0v) is 8.31. The lowest BCUT2D eigenvalue weighted by molar-refractivity contribution is 0.0620. The summed E-state index contributed by atoms with van der Waals surface area (Å²) in [6.45, 7) is 4.53. The average Bonchev–Trinajstić information content (AvgIpc) is 2.01. The van der Waals surface area contributed by atoms with Crippen LogP contribution in [0.4, 0.5) is 0 Å². The highest BCUT2D eigenvalue weighted by atomic mass is 79.9. The van der Waals surface area contributed by atoms with Gasteiger partial charge in [-0.3, -0.25) is 0 Å². The zero-order chi connectivity index (χ0) is 8.69. The second-order valence-corrected chi connectivity index (χ2v) is 2.85. The van der Waals surface area contributed by atoms with Crippen molar-refractivity contribution in [1.82, 2.24) is 5.32 Å². The van der Waals surface area contributed by atoms with E-state index in [4.69, 9.17) is 10.1 Å². The maximum atomic E-state index is 6.83. The van der Waals surface area contributed by atoms with Crippen molar-refractivity contribution in [2.75, 3.05) is 6.61 Å². The number of ether oxygens (including phenoxy) is 1. The zero-order valence-electron chi connectivity index (χ0n) is 6.73. The quantitative estimate of drug-likeness (QED) is 0.549. The molecule has 2 N–H and O–H groups in total. The molecule has 3 nitrogen and oxygen atoms in total. The predicted octanol–water partition coefficient (Wildman–Crippen LogP) is 1.84. The Morgan fingerprint density at radius 2 is 2.45 bits per heavy atom. The van der Waals surface area contributed by atoms with Gasteiger partial charge in [0.25, 0.3) is 0 Å². The van der Waals surface area contributed by atoms with E-state index >= 15 is 0 Å². The molecule has 0 aliphatic heterocycles. The van der Waals surface area contributed by atoms with Crippen LogP contribution < -0.4 is 5.32 Å². The molecular formula is C7H13BrN2O. The molecule has 0 rings (SSSR count). The molecule has 0 aromatic carbocycles. The van der Waals surface area contributed by atoms with Gasteiger partial charge in [0.15, 0.2) is 0 Å². The van der Waals surface area contributed by atoms with Crippen molar-refractivity contribution in [3.8, 4) is 0 Å². The van der Waals surface area contributed by atoms with Gasteiger partial charge in [0.1, 0.15) is 6.23 Å². The standard InChI is InChI=1S/C7H13BrN2O/c1-3-11-6(2)10-5-7(8)4-9/h4-6,9-10H,3H2,1-2H3/b7-5+,9-4?. The summed E-state index contributed by atoms with van der Waals surface area (Å²) >= 11 is 3.16. The van der Waals surface area contributed by atoms with Gasteiger partial charge in [0.05, 0.1) is 4.48 Å².